The van der Waals surface area contributed by atoms with E-state index in [0.717, 1.165) is 5.56 Å². The summed E-state index contributed by atoms with van der Waals surface area (Å²) in [6.07, 6.45) is 0.614. The van der Waals surface area contributed by atoms with E-state index < -0.39 is 10.0 Å². The van der Waals surface area contributed by atoms with Crippen molar-refractivity contribution in [3.63, 3.8) is 0 Å². The number of sulfonamides is 1. The highest BCUT2D eigenvalue weighted by Crippen LogP contribution is 2.41. The molecule has 8 heteroatoms. The van der Waals surface area contributed by atoms with Gasteiger partial charge in [-0.05, 0) is 55.3 Å². The van der Waals surface area contributed by atoms with E-state index in [2.05, 4.69) is 15.9 Å². The summed E-state index contributed by atoms with van der Waals surface area (Å²) in [6, 6.07) is 10.1. The van der Waals surface area contributed by atoms with Crippen LogP contribution in [0.15, 0.2) is 45.8 Å². The van der Waals surface area contributed by atoms with Gasteiger partial charge in [-0.15, -0.1) is 0 Å². The Morgan fingerprint density at radius 2 is 1.89 bits per heavy atom. The number of fused-ring (bicyclic) bond motifs is 1. The van der Waals surface area contributed by atoms with Crippen molar-refractivity contribution in [1.82, 2.24) is 0 Å². The molecule has 6 nitrogen and oxygen atoms in total. The third-order valence-electron chi connectivity index (χ3n) is 4.73. The molecule has 27 heavy (non-hydrogen) atoms. The Labute approximate surface area is 167 Å². The Balaban J connectivity index is 2.13. The molecular weight excluding hydrogens is 432 g/mol. The van der Waals surface area contributed by atoms with E-state index in [1.807, 2.05) is 13.0 Å². The molecule has 2 aromatic rings. The lowest BCUT2D eigenvalue weighted by atomic mass is 10.1. The second kappa shape index (κ2) is 7.16. The van der Waals surface area contributed by atoms with Gasteiger partial charge in [0.25, 0.3) is 10.0 Å². The first-order valence-electron chi connectivity index (χ1n) is 8.42. The van der Waals surface area contributed by atoms with Crippen LogP contribution in [0.1, 0.15) is 19.4 Å². The summed E-state index contributed by atoms with van der Waals surface area (Å²) in [7, 11) is -0.826. The number of carbonyl (C=O) groups excluding carboxylic acids is 1. The van der Waals surface area contributed by atoms with Gasteiger partial charge in [0.2, 0.25) is 5.91 Å². The fourth-order valence-corrected chi connectivity index (χ4v) is 5.53. The lowest BCUT2D eigenvalue weighted by Crippen LogP contribution is -2.35. The molecule has 0 aliphatic carbocycles. The minimum absolute atomic E-state index is 0.0907. The summed E-state index contributed by atoms with van der Waals surface area (Å²) < 4.78 is 33.8. The monoisotopic (exact) mass is 452 g/mol. The first-order valence-corrected chi connectivity index (χ1v) is 10.7. The van der Waals surface area contributed by atoms with Gasteiger partial charge in [0, 0.05) is 24.5 Å². The lowest BCUT2D eigenvalue weighted by molar-refractivity contribution is -0.116. The number of hydrogen-bond donors (Lipinski definition) is 0. The Morgan fingerprint density at radius 3 is 2.44 bits per heavy atom. The van der Waals surface area contributed by atoms with Crippen LogP contribution in [0.4, 0.5) is 11.4 Å². The fraction of sp³-hybridized carbons (Fsp3) is 0.316. The number of benzene rings is 2. The molecule has 1 heterocycles. The van der Waals surface area contributed by atoms with Crippen LogP contribution in [0, 0.1) is 0 Å². The van der Waals surface area contributed by atoms with E-state index in [9.17, 15) is 13.2 Å². The molecule has 0 saturated carbocycles. The van der Waals surface area contributed by atoms with E-state index >= 15 is 0 Å². The van der Waals surface area contributed by atoms with Gasteiger partial charge in [0.05, 0.1) is 18.5 Å². The van der Waals surface area contributed by atoms with Gasteiger partial charge in [-0.2, -0.15) is 0 Å². The molecular formula is C19H21BrN2O4S. The third kappa shape index (κ3) is 3.43. The number of anilines is 2. The second-order valence-electron chi connectivity index (χ2n) is 6.52. The summed E-state index contributed by atoms with van der Waals surface area (Å²) in [5.41, 5.74) is 1.82. The van der Waals surface area contributed by atoms with Crippen LogP contribution in [0.25, 0.3) is 0 Å². The van der Waals surface area contributed by atoms with Gasteiger partial charge in [-0.1, -0.05) is 15.9 Å². The maximum absolute atomic E-state index is 13.4. The van der Waals surface area contributed by atoms with Crippen LogP contribution in [0.2, 0.25) is 0 Å². The molecule has 2 aromatic carbocycles. The van der Waals surface area contributed by atoms with E-state index in [1.165, 1.54) is 18.3 Å². The SMILES string of the molecule is COc1ccc(N(C)S(=O)(=O)c2cc(Br)cc3c2N(C(C)=O)C(C)C3)cc1. The molecule has 0 spiro atoms. The average Bonchev–Trinajstić information content (AvgIpc) is 2.95. The van der Waals surface area contributed by atoms with Gasteiger partial charge >= 0.3 is 0 Å². The topological polar surface area (TPSA) is 66.9 Å². The van der Waals surface area contributed by atoms with Crippen LogP contribution in [-0.4, -0.2) is 34.5 Å². The zero-order valence-corrected chi connectivity index (χ0v) is 18.0. The lowest BCUT2D eigenvalue weighted by Gasteiger charge is -2.26. The maximum atomic E-state index is 13.4. The molecule has 3 rings (SSSR count). The average molecular weight is 453 g/mol. The molecule has 1 atom stereocenters. The Hall–Kier alpha value is -2.06. The van der Waals surface area contributed by atoms with Crippen LogP contribution >= 0.6 is 15.9 Å². The summed E-state index contributed by atoms with van der Waals surface area (Å²) >= 11 is 3.41. The number of amides is 1. The number of rotatable bonds is 4. The zero-order chi connectivity index (χ0) is 19.9. The normalized spacial score (nSPS) is 16.2. The first-order chi connectivity index (χ1) is 12.7. The largest absolute Gasteiger partial charge is 0.497 e. The third-order valence-corrected chi connectivity index (χ3v) is 6.99. The first kappa shape index (κ1) is 19.7. The molecule has 0 aromatic heterocycles. The van der Waals surface area contributed by atoms with E-state index in [1.54, 1.807) is 42.3 Å². The van der Waals surface area contributed by atoms with Gasteiger partial charge in [-0.3, -0.25) is 9.10 Å². The van der Waals surface area contributed by atoms with Crippen molar-refractivity contribution in [3.8, 4) is 5.75 Å². The highest BCUT2D eigenvalue weighted by atomic mass is 79.9. The van der Waals surface area contributed by atoms with Gasteiger partial charge in [-0.25, -0.2) is 8.42 Å². The van der Waals surface area contributed by atoms with Gasteiger partial charge in [0.15, 0.2) is 0 Å². The number of nitrogens with zero attached hydrogens (tertiary/aromatic N) is 2. The van der Waals surface area contributed by atoms with Gasteiger partial charge < -0.3 is 9.64 Å². The van der Waals surface area contributed by atoms with Crippen molar-refractivity contribution in [2.45, 2.75) is 31.2 Å². The van der Waals surface area contributed by atoms with E-state index in [0.29, 0.717) is 28.0 Å². The summed E-state index contributed by atoms with van der Waals surface area (Å²) in [4.78, 5) is 13.9. The van der Waals surface area contributed by atoms with Crippen molar-refractivity contribution < 1.29 is 17.9 Å². The second-order valence-corrected chi connectivity index (χ2v) is 9.38. The van der Waals surface area contributed by atoms with Crippen molar-refractivity contribution >= 4 is 43.2 Å². The standard InChI is InChI=1S/C19H21BrN2O4S/c1-12-9-14-10-15(20)11-18(19(14)22(12)13(2)23)27(24,25)21(3)16-5-7-17(26-4)8-6-16/h5-8,10-12H,9H2,1-4H3. The Morgan fingerprint density at radius 1 is 1.26 bits per heavy atom. The minimum Gasteiger partial charge on any atom is -0.497 e. The van der Waals surface area contributed by atoms with Crippen molar-refractivity contribution in [2.24, 2.45) is 0 Å². The number of halogens is 1. The van der Waals surface area contributed by atoms with Crippen LogP contribution < -0.4 is 13.9 Å². The molecule has 1 aliphatic heterocycles. The summed E-state index contributed by atoms with van der Waals surface area (Å²) in [5.74, 6) is 0.469. The predicted molar refractivity (Wildman–Crippen MR) is 109 cm³/mol. The molecule has 1 amide bonds. The van der Waals surface area contributed by atoms with E-state index in [4.69, 9.17) is 4.74 Å². The molecule has 0 bridgehead atoms. The number of hydrogen-bond acceptors (Lipinski definition) is 4. The van der Waals surface area contributed by atoms with E-state index in [-0.39, 0.29) is 16.8 Å². The maximum Gasteiger partial charge on any atom is 0.266 e. The summed E-state index contributed by atoms with van der Waals surface area (Å²) in [6.45, 7) is 3.37. The number of carbonyl (C=O) groups is 1. The molecule has 144 valence electrons. The Kier molecular flexibility index (Phi) is 5.22. The van der Waals surface area contributed by atoms with Crippen molar-refractivity contribution in [3.05, 3.63) is 46.4 Å². The smallest absolute Gasteiger partial charge is 0.266 e. The molecule has 1 aliphatic rings. The summed E-state index contributed by atoms with van der Waals surface area (Å²) in [5, 5.41) is 0. The number of ether oxygens (including phenoxy) is 1. The van der Waals surface area contributed by atoms with Crippen molar-refractivity contribution in [2.75, 3.05) is 23.4 Å². The highest BCUT2D eigenvalue weighted by Gasteiger charge is 2.37. The van der Waals surface area contributed by atoms with Crippen LogP contribution in [-0.2, 0) is 21.2 Å². The molecule has 0 N–H and O–H groups in total. The number of methoxy groups -OCH3 is 1. The molecule has 0 fully saturated rings. The molecule has 1 unspecified atom stereocenters. The van der Waals surface area contributed by atoms with Crippen LogP contribution in [0.3, 0.4) is 0 Å². The predicted octanol–water partition coefficient (Wildman–Crippen LogP) is 3.58. The highest BCUT2D eigenvalue weighted by molar-refractivity contribution is 9.10. The minimum atomic E-state index is -3.88. The van der Waals surface area contributed by atoms with Gasteiger partial charge in [0.1, 0.15) is 10.6 Å². The van der Waals surface area contributed by atoms with Crippen LogP contribution in [0.5, 0.6) is 5.75 Å². The quantitative estimate of drug-likeness (QED) is 0.710. The Bertz CT molecular complexity index is 990. The van der Waals surface area contributed by atoms with Crippen molar-refractivity contribution in [1.29, 1.82) is 0 Å². The zero-order valence-electron chi connectivity index (χ0n) is 15.6. The molecule has 0 radical (unpaired) electrons. The molecule has 0 saturated heterocycles. The fourth-order valence-electron chi connectivity index (χ4n) is 3.43.